The maximum absolute atomic E-state index is 12.9. The van der Waals surface area contributed by atoms with Crippen LogP contribution in [0.1, 0.15) is 27.0 Å². The molecule has 0 heterocycles. The van der Waals surface area contributed by atoms with Crippen LogP contribution in [0.25, 0.3) is 0 Å². The Balaban J connectivity index is 2.05. The topological polar surface area (TPSA) is 43.1 Å². The Hall–Kier alpha value is -2.29. The minimum Gasteiger partial charge on any atom is -0.398 e. The maximum atomic E-state index is 12.9. The molecule has 0 bridgehead atoms. The number of hydrogen-bond acceptors (Lipinski definition) is 2. The van der Waals surface area contributed by atoms with E-state index < -0.39 is 0 Å². The van der Waals surface area contributed by atoms with Crippen LogP contribution < -0.4 is 5.73 Å². The molecule has 0 amide bonds. The van der Waals surface area contributed by atoms with Gasteiger partial charge in [0.1, 0.15) is 0 Å². The van der Waals surface area contributed by atoms with E-state index in [4.69, 9.17) is 28.9 Å². The molecule has 0 radical (unpaired) electrons. The Morgan fingerprint density at radius 3 is 2.21 bits per heavy atom. The normalized spacial score (nSPS) is 10.6. The van der Waals surface area contributed by atoms with Gasteiger partial charge >= 0.3 is 0 Å². The van der Waals surface area contributed by atoms with Gasteiger partial charge in [-0.25, -0.2) is 0 Å². The smallest absolute Gasteiger partial charge is 0.193 e. The molecule has 0 aliphatic heterocycles. The summed E-state index contributed by atoms with van der Waals surface area (Å²) in [5.41, 5.74) is 9.60. The molecule has 4 heteroatoms. The number of nitrogens with two attached hydrogens (primary N) is 1. The largest absolute Gasteiger partial charge is 0.398 e. The second kappa shape index (κ2) is 7.08. The molecule has 0 aliphatic carbocycles. The second-order valence-electron chi connectivity index (χ2n) is 5.52. The molecule has 24 heavy (non-hydrogen) atoms. The molecule has 3 aromatic rings. The van der Waals surface area contributed by atoms with E-state index in [0.717, 1.165) is 11.1 Å². The van der Waals surface area contributed by atoms with Crippen molar-refractivity contribution in [3.63, 3.8) is 0 Å². The molecule has 0 aliphatic rings. The van der Waals surface area contributed by atoms with E-state index in [2.05, 4.69) is 0 Å². The predicted molar refractivity (Wildman–Crippen MR) is 100.0 cm³/mol. The number of rotatable bonds is 4. The van der Waals surface area contributed by atoms with Crippen LogP contribution in [-0.2, 0) is 6.42 Å². The SMILES string of the molecule is Nc1cc(Cl)cc(C(=O)c2ccccc2)c1Cc1ccc(Cl)cc1. The standard InChI is InChI=1S/C20H15Cl2NO/c21-15-8-6-13(7-9-15)10-17-18(11-16(22)12-19(17)23)20(24)14-4-2-1-3-5-14/h1-9,11-12H,10,23H2. The first-order valence-electron chi connectivity index (χ1n) is 7.46. The van der Waals surface area contributed by atoms with E-state index in [9.17, 15) is 4.79 Å². The summed E-state index contributed by atoms with van der Waals surface area (Å²) in [4.78, 5) is 12.9. The number of halogens is 2. The summed E-state index contributed by atoms with van der Waals surface area (Å²) < 4.78 is 0. The van der Waals surface area contributed by atoms with E-state index in [0.29, 0.717) is 33.3 Å². The first-order valence-corrected chi connectivity index (χ1v) is 8.22. The molecule has 0 unspecified atom stereocenters. The van der Waals surface area contributed by atoms with Crippen LogP contribution in [0, 0.1) is 0 Å². The molecule has 0 saturated heterocycles. The zero-order valence-electron chi connectivity index (χ0n) is 12.8. The number of ketones is 1. The average molecular weight is 356 g/mol. The van der Waals surface area contributed by atoms with E-state index in [1.165, 1.54) is 0 Å². The van der Waals surface area contributed by atoms with Crippen molar-refractivity contribution in [1.29, 1.82) is 0 Å². The van der Waals surface area contributed by atoms with E-state index in [1.807, 2.05) is 42.5 Å². The Morgan fingerprint density at radius 1 is 0.875 bits per heavy atom. The summed E-state index contributed by atoms with van der Waals surface area (Å²) in [5.74, 6) is -0.0891. The van der Waals surface area contributed by atoms with E-state index >= 15 is 0 Å². The van der Waals surface area contributed by atoms with Crippen molar-refractivity contribution in [2.24, 2.45) is 0 Å². The molecular formula is C20H15Cl2NO. The molecule has 3 rings (SSSR count). The van der Waals surface area contributed by atoms with Crippen molar-refractivity contribution in [3.05, 3.63) is 99.0 Å². The summed E-state index contributed by atoms with van der Waals surface area (Å²) in [6, 6.07) is 19.9. The Labute approximate surface area is 150 Å². The van der Waals surface area contributed by atoms with Crippen LogP contribution >= 0.6 is 23.2 Å². The molecule has 2 N–H and O–H groups in total. The van der Waals surface area contributed by atoms with Crippen molar-refractivity contribution in [3.8, 4) is 0 Å². The summed E-state index contributed by atoms with van der Waals surface area (Å²) in [6.07, 6.45) is 0.536. The number of carbonyl (C=O) groups excluding carboxylic acids is 1. The third-order valence-electron chi connectivity index (χ3n) is 3.82. The van der Waals surface area contributed by atoms with E-state index in [1.54, 1.807) is 24.3 Å². The molecule has 2 nitrogen and oxygen atoms in total. The van der Waals surface area contributed by atoms with Gasteiger partial charge in [-0.3, -0.25) is 4.79 Å². The zero-order chi connectivity index (χ0) is 17.1. The van der Waals surface area contributed by atoms with Gasteiger partial charge in [0.25, 0.3) is 0 Å². The van der Waals surface area contributed by atoms with Crippen LogP contribution in [0.3, 0.4) is 0 Å². The number of hydrogen-bond donors (Lipinski definition) is 1. The molecule has 0 spiro atoms. The molecule has 120 valence electrons. The van der Waals surface area contributed by atoms with Crippen molar-refractivity contribution in [2.45, 2.75) is 6.42 Å². The van der Waals surface area contributed by atoms with Gasteiger partial charge in [-0.2, -0.15) is 0 Å². The lowest BCUT2D eigenvalue weighted by Crippen LogP contribution is -2.09. The molecule has 0 saturated carbocycles. The summed E-state index contributed by atoms with van der Waals surface area (Å²) in [5, 5.41) is 1.12. The van der Waals surface area contributed by atoms with Crippen LogP contribution in [0.2, 0.25) is 10.0 Å². The van der Waals surface area contributed by atoms with Gasteiger partial charge in [-0.15, -0.1) is 0 Å². The van der Waals surface area contributed by atoms with Gasteiger partial charge in [0, 0.05) is 33.3 Å². The molecule has 0 aromatic heterocycles. The Bertz CT molecular complexity index is 874. The molecule has 0 atom stereocenters. The Morgan fingerprint density at radius 2 is 1.54 bits per heavy atom. The predicted octanol–water partition coefficient (Wildman–Crippen LogP) is 5.40. The fourth-order valence-electron chi connectivity index (χ4n) is 2.61. The first-order chi connectivity index (χ1) is 11.5. The minimum atomic E-state index is -0.0891. The maximum Gasteiger partial charge on any atom is 0.193 e. The minimum absolute atomic E-state index is 0.0891. The third-order valence-corrected chi connectivity index (χ3v) is 4.29. The van der Waals surface area contributed by atoms with Crippen molar-refractivity contribution in [2.75, 3.05) is 5.73 Å². The second-order valence-corrected chi connectivity index (χ2v) is 6.39. The lowest BCUT2D eigenvalue weighted by Gasteiger charge is -2.13. The quantitative estimate of drug-likeness (QED) is 0.503. The molecular weight excluding hydrogens is 341 g/mol. The van der Waals surface area contributed by atoms with Crippen molar-refractivity contribution >= 4 is 34.7 Å². The van der Waals surface area contributed by atoms with Crippen LogP contribution in [0.5, 0.6) is 0 Å². The first kappa shape index (κ1) is 16.6. The van der Waals surface area contributed by atoms with Crippen LogP contribution in [0.15, 0.2) is 66.7 Å². The fourth-order valence-corrected chi connectivity index (χ4v) is 2.96. The highest BCUT2D eigenvalue weighted by Crippen LogP contribution is 2.28. The summed E-state index contributed by atoms with van der Waals surface area (Å²) >= 11 is 12.1. The van der Waals surface area contributed by atoms with Gasteiger partial charge in [0.05, 0.1) is 0 Å². The molecule has 3 aromatic carbocycles. The van der Waals surface area contributed by atoms with Crippen molar-refractivity contribution < 1.29 is 4.79 Å². The van der Waals surface area contributed by atoms with Crippen molar-refractivity contribution in [1.82, 2.24) is 0 Å². The number of carbonyl (C=O) groups is 1. The Kier molecular flexibility index (Phi) is 4.89. The monoisotopic (exact) mass is 355 g/mol. The van der Waals surface area contributed by atoms with Gasteiger partial charge in [0.15, 0.2) is 5.78 Å². The summed E-state index contributed by atoms with van der Waals surface area (Å²) in [7, 11) is 0. The highest BCUT2D eigenvalue weighted by Gasteiger charge is 2.17. The highest BCUT2D eigenvalue weighted by atomic mass is 35.5. The van der Waals surface area contributed by atoms with Gasteiger partial charge in [-0.05, 0) is 35.4 Å². The van der Waals surface area contributed by atoms with Gasteiger partial charge < -0.3 is 5.73 Å². The fraction of sp³-hybridized carbons (Fsp3) is 0.0500. The third kappa shape index (κ3) is 3.61. The zero-order valence-corrected chi connectivity index (χ0v) is 14.3. The lowest BCUT2D eigenvalue weighted by atomic mass is 9.93. The van der Waals surface area contributed by atoms with E-state index in [-0.39, 0.29) is 5.78 Å². The van der Waals surface area contributed by atoms with Crippen LogP contribution in [-0.4, -0.2) is 5.78 Å². The van der Waals surface area contributed by atoms with Crippen LogP contribution in [0.4, 0.5) is 5.69 Å². The lowest BCUT2D eigenvalue weighted by molar-refractivity contribution is 0.103. The number of benzene rings is 3. The number of nitrogen functional groups attached to an aromatic ring is 1. The molecule has 0 fully saturated rings. The number of anilines is 1. The van der Waals surface area contributed by atoms with Gasteiger partial charge in [-0.1, -0.05) is 65.7 Å². The average Bonchev–Trinajstić information content (AvgIpc) is 2.59. The highest BCUT2D eigenvalue weighted by molar-refractivity contribution is 6.31. The summed E-state index contributed by atoms with van der Waals surface area (Å²) in [6.45, 7) is 0. The van der Waals surface area contributed by atoms with Gasteiger partial charge in [0.2, 0.25) is 0 Å².